The lowest BCUT2D eigenvalue weighted by atomic mass is 10.2. The van der Waals surface area contributed by atoms with Crippen molar-refractivity contribution in [2.24, 2.45) is 0 Å². The van der Waals surface area contributed by atoms with Crippen molar-refractivity contribution in [3.05, 3.63) is 65.9 Å². The van der Waals surface area contributed by atoms with Crippen LogP contribution in [0.15, 0.2) is 54.6 Å². The van der Waals surface area contributed by atoms with E-state index >= 15 is 0 Å². The highest BCUT2D eigenvalue weighted by atomic mass is 16.5. The number of benzene rings is 2. The normalized spacial score (nSPS) is 10.3. The van der Waals surface area contributed by atoms with Crippen LogP contribution >= 0.6 is 0 Å². The molecule has 0 amide bonds. The first-order valence-corrected chi connectivity index (χ1v) is 8.30. The Bertz CT molecular complexity index is 866. The summed E-state index contributed by atoms with van der Waals surface area (Å²) in [6.45, 7) is 2.61. The third kappa shape index (κ3) is 4.63. The van der Waals surface area contributed by atoms with E-state index < -0.39 is 0 Å². The van der Waals surface area contributed by atoms with Crippen molar-refractivity contribution in [3.63, 3.8) is 0 Å². The Balaban J connectivity index is 1.70. The summed E-state index contributed by atoms with van der Waals surface area (Å²) in [5.74, 6) is 2.92. The Hall–Kier alpha value is -3.28. The van der Waals surface area contributed by atoms with Gasteiger partial charge in [-0.2, -0.15) is 4.98 Å². The zero-order valence-corrected chi connectivity index (χ0v) is 15.1. The SMILES string of the molecule is COc1ccc(CNc2cc(C)nc(Nc3cccc(OC)c3)n2)cc1. The van der Waals surface area contributed by atoms with Crippen molar-refractivity contribution in [3.8, 4) is 11.5 Å². The largest absolute Gasteiger partial charge is 0.497 e. The molecule has 1 aromatic heterocycles. The van der Waals surface area contributed by atoms with Gasteiger partial charge in [-0.1, -0.05) is 18.2 Å². The lowest BCUT2D eigenvalue weighted by Gasteiger charge is -2.11. The highest BCUT2D eigenvalue weighted by Crippen LogP contribution is 2.21. The van der Waals surface area contributed by atoms with Crippen molar-refractivity contribution in [2.75, 3.05) is 24.9 Å². The number of nitrogens with one attached hydrogen (secondary N) is 2. The number of aromatic nitrogens is 2. The number of ether oxygens (including phenoxy) is 2. The first-order valence-electron chi connectivity index (χ1n) is 8.30. The fourth-order valence-corrected chi connectivity index (χ4v) is 2.48. The molecule has 134 valence electrons. The topological polar surface area (TPSA) is 68.3 Å². The Morgan fingerprint density at radius 3 is 2.38 bits per heavy atom. The fraction of sp³-hybridized carbons (Fsp3) is 0.200. The second-order valence-corrected chi connectivity index (χ2v) is 5.78. The number of rotatable bonds is 7. The molecule has 6 nitrogen and oxygen atoms in total. The van der Waals surface area contributed by atoms with Crippen LogP contribution in [0.5, 0.6) is 11.5 Å². The molecule has 3 rings (SSSR count). The van der Waals surface area contributed by atoms with E-state index in [9.17, 15) is 0 Å². The number of hydrogen-bond acceptors (Lipinski definition) is 6. The van der Waals surface area contributed by atoms with Crippen LogP contribution in [-0.2, 0) is 6.54 Å². The van der Waals surface area contributed by atoms with Crippen molar-refractivity contribution >= 4 is 17.5 Å². The van der Waals surface area contributed by atoms with Gasteiger partial charge in [0.1, 0.15) is 17.3 Å². The van der Waals surface area contributed by atoms with Gasteiger partial charge < -0.3 is 20.1 Å². The average Bonchev–Trinajstić information content (AvgIpc) is 2.66. The Labute approximate surface area is 153 Å². The van der Waals surface area contributed by atoms with Gasteiger partial charge >= 0.3 is 0 Å². The molecule has 0 radical (unpaired) electrons. The van der Waals surface area contributed by atoms with Gasteiger partial charge in [0.25, 0.3) is 0 Å². The first-order chi connectivity index (χ1) is 12.7. The summed E-state index contributed by atoms with van der Waals surface area (Å²) in [6.07, 6.45) is 0. The first kappa shape index (κ1) is 17.5. The van der Waals surface area contributed by atoms with Gasteiger partial charge in [-0.3, -0.25) is 0 Å². The Morgan fingerprint density at radius 1 is 0.885 bits per heavy atom. The maximum Gasteiger partial charge on any atom is 0.229 e. The molecule has 2 aromatic carbocycles. The molecule has 6 heteroatoms. The van der Waals surface area contributed by atoms with Gasteiger partial charge in [-0.15, -0.1) is 0 Å². The number of methoxy groups -OCH3 is 2. The molecule has 0 aliphatic rings. The predicted octanol–water partition coefficient (Wildman–Crippen LogP) is 4.16. The number of nitrogens with zero attached hydrogens (tertiary/aromatic N) is 2. The minimum Gasteiger partial charge on any atom is -0.497 e. The highest BCUT2D eigenvalue weighted by molar-refractivity contribution is 5.57. The molecule has 0 aliphatic carbocycles. The molecule has 0 fully saturated rings. The minimum atomic E-state index is 0.537. The minimum absolute atomic E-state index is 0.537. The summed E-state index contributed by atoms with van der Waals surface area (Å²) in [7, 11) is 3.30. The molecule has 0 spiro atoms. The lowest BCUT2D eigenvalue weighted by Crippen LogP contribution is -2.05. The standard InChI is InChI=1S/C20H22N4O2/c1-14-11-19(21-13-15-7-9-17(25-2)10-8-15)24-20(22-14)23-16-5-4-6-18(12-16)26-3/h4-12H,13H2,1-3H3,(H2,21,22,23,24). The molecule has 0 saturated heterocycles. The Kier molecular flexibility index (Phi) is 5.53. The monoisotopic (exact) mass is 350 g/mol. The van der Waals surface area contributed by atoms with Gasteiger partial charge in [0.15, 0.2) is 0 Å². The second-order valence-electron chi connectivity index (χ2n) is 5.78. The van der Waals surface area contributed by atoms with Crippen LogP contribution in [0, 0.1) is 6.92 Å². The molecule has 0 saturated carbocycles. The summed E-state index contributed by atoms with van der Waals surface area (Å²) >= 11 is 0. The zero-order chi connectivity index (χ0) is 18.4. The summed E-state index contributed by atoms with van der Waals surface area (Å²) in [5.41, 5.74) is 2.89. The molecule has 0 aliphatic heterocycles. The molecule has 0 bridgehead atoms. The summed E-state index contributed by atoms with van der Waals surface area (Å²) in [6, 6.07) is 17.5. The third-order valence-corrected chi connectivity index (χ3v) is 3.81. The quantitative estimate of drug-likeness (QED) is 0.667. The molecule has 2 N–H and O–H groups in total. The molecule has 26 heavy (non-hydrogen) atoms. The van der Waals surface area contributed by atoms with Crippen molar-refractivity contribution in [1.82, 2.24) is 9.97 Å². The molecular weight excluding hydrogens is 328 g/mol. The maximum absolute atomic E-state index is 5.24. The number of hydrogen-bond donors (Lipinski definition) is 2. The van der Waals surface area contributed by atoms with Crippen LogP contribution in [0.4, 0.5) is 17.5 Å². The maximum atomic E-state index is 5.24. The van der Waals surface area contributed by atoms with E-state index in [1.165, 1.54) is 0 Å². The van der Waals surface area contributed by atoms with E-state index in [0.717, 1.165) is 34.3 Å². The molecule has 3 aromatic rings. The van der Waals surface area contributed by atoms with Crippen LogP contribution in [-0.4, -0.2) is 24.2 Å². The van der Waals surface area contributed by atoms with Gasteiger partial charge in [0.05, 0.1) is 14.2 Å². The van der Waals surface area contributed by atoms with E-state index in [-0.39, 0.29) is 0 Å². The fourth-order valence-electron chi connectivity index (χ4n) is 2.48. The molecule has 0 atom stereocenters. The highest BCUT2D eigenvalue weighted by Gasteiger charge is 2.04. The van der Waals surface area contributed by atoms with Crippen LogP contribution in [0.3, 0.4) is 0 Å². The van der Waals surface area contributed by atoms with E-state index in [1.54, 1.807) is 14.2 Å². The van der Waals surface area contributed by atoms with Crippen LogP contribution in [0.25, 0.3) is 0 Å². The summed E-state index contributed by atoms with van der Waals surface area (Å²) < 4.78 is 10.4. The molecular formula is C20H22N4O2. The van der Waals surface area contributed by atoms with E-state index in [4.69, 9.17) is 9.47 Å². The zero-order valence-electron chi connectivity index (χ0n) is 15.1. The summed E-state index contributed by atoms with van der Waals surface area (Å²) in [5, 5.41) is 6.55. The van der Waals surface area contributed by atoms with Gasteiger partial charge in [0.2, 0.25) is 5.95 Å². The van der Waals surface area contributed by atoms with Gasteiger partial charge in [-0.25, -0.2) is 4.98 Å². The molecule has 0 unspecified atom stereocenters. The summed E-state index contributed by atoms with van der Waals surface area (Å²) in [4.78, 5) is 8.98. The van der Waals surface area contributed by atoms with E-state index in [1.807, 2.05) is 61.5 Å². The van der Waals surface area contributed by atoms with Crippen molar-refractivity contribution in [2.45, 2.75) is 13.5 Å². The van der Waals surface area contributed by atoms with Crippen molar-refractivity contribution in [1.29, 1.82) is 0 Å². The third-order valence-electron chi connectivity index (χ3n) is 3.81. The average molecular weight is 350 g/mol. The number of aryl methyl sites for hydroxylation is 1. The smallest absolute Gasteiger partial charge is 0.229 e. The van der Waals surface area contributed by atoms with E-state index in [0.29, 0.717) is 12.5 Å². The second kappa shape index (κ2) is 8.20. The number of anilines is 3. The van der Waals surface area contributed by atoms with Crippen molar-refractivity contribution < 1.29 is 9.47 Å². The lowest BCUT2D eigenvalue weighted by molar-refractivity contribution is 0.414. The predicted molar refractivity (Wildman–Crippen MR) is 103 cm³/mol. The molecule has 1 heterocycles. The van der Waals surface area contributed by atoms with Crippen LogP contribution in [0.1, 0.15) is 11.3 Å². The van der Waals surface area contributed by atoms with Crippen LogP contribution in [0.2, 0.25) is 0 Å². The van der Waals surface area contributed by atoms with Crippen LogP contribution < -0.4 is 20.1 Å². The van der Waals surface area contributed by atoms with E-state index in [2.05, 4.69) is 20.6 Å². The Morgan fingerprint density at radius 2 is 1.65 bits per heavy atom. The van der Waals surface area contributed by atoms with Gasteiger partial charge in [-0.05, 0) is 36.8 Å². The van der Waals surface area contributed by atoms with Gasteiger partial charge in [0, 0.05) is 30.1 Å².